The van der Waals surface area contributed by atoms with E-state index in [1.807, 2.05) is 13.8 Å². The molecule has 0 bridgehead atoms. The van der Waals surface area contributed by atoms with Crippen LogP contribution in [0.3, 0.4) is 0 Å². The van der Waals surface area contributed by atoms with Crippen LogP contribution < -0.4 is 5.32 Å². The second-order valence-corrected chi connectivity index (χ2v) is 5.41. The lowest BCUT2D eigenvalue weighted by atomic mass is 9.86. The highest BCUT2D eigenvalue weighted by molar-refractivity contribution is 5.90. The molecule has 1 saturated carbocycles. The molecule has 0 aromatic carbocycles. The van der Waals surface area contributed by atoms with Crippen LogP contribution in [0.25, 0.3) is 0 Å². The van der Waals surface area contributed by atoms with Gasteiger partial charge in [0.1, 0.15) is 0 Å². The normalized spacial score (nSPS) is 16.8. The molecule has 0 radical (unpaired) electrons. The van der Waals surface area contributed by atoms with E-state index in [2.05, 4.69) is 15.5 Å². The van der Waals surface area contributed by atoms with Gasteiger partial charge < -0.3 is 5.32 Å². The maximum atomic E-state index is 11.9. The van der Waals surface area contributed by atoms with Crippen molar-refractivity contribution in [2.24, 2.45) is 5.92 Å². The van der Waals surface area contributed by atoms with Gasteiger partial charge in [0.2, 0.25) is 5.91 Å². The molecule has 0 aliphatic heterocycles. The number of aromatic nitrogens is 2. The van der Waals surface area contributed by atoms with Crippen LogP contribution in [0.4, 0.5) is 5.82 Å². The monoisotopic (exact) mass is 249 g/mol. The summed E-state index contributed by atoms with van der Waals surface area (Å²) in [5.74, 6) is 1.53. The Bertz CT molecular complexity index is 405. The molecular weight excluding hydrogens is 226 g/mol. The van der Waals surface area contributed by atoms with Crippen molar-refractivity contribution in [1.29, 1.82) is 0 Å². The Kier molecular flexibility index (Phi) is 4.39. The molecule has 2 rings (SSSR count). The molecule has 1 aliphatic rings. The van der Waals surface area contributed by atoms with E-state index < -0.39 is 0 Å². The van der Waals surface area contributed by atoms with Gasteiger partial charge in [0.25, 0.3) is 0 Å². The van der Waals surface area contributed by atoms with Crippen LogP contribution in [0.2, 0.25) is 0 Å². The minimum atomic E-state index is 0.0928. The number of carbonyl (C=O) groups is 1. The highest BCUT2D eigenvalue weighted by Crippen LogP contribution is 2.27. The summed E-state index contributed by atoms with van der Waals surface area (Å²) in [6.07, 6.45) is 8.29. The van der Waals surface area contributed by atoms with Gasteiger partial charge in [-0.1, -0.05) is 32.1 Å². The Morgan fingerprint density at radius 2 is 2.06 bits per heavy atom. The molecule has 2 N–H and O–H groups in total. The summed E-state index contributed by atoms with van der Waals surface area (Å²) in [5.41, 5.74) is 2.04. The average Bonchev–Trinajstić information content (AvgIpc) is 2.70. The quantitative estimate of drug-likeness (QED) is 0.860. The minimum absolute atomic E-state index is 0.0928. The number of aromatic amines is 1. The first-order valence-electron chi connectivity index (χ1n) is 6.98. The smallest absolute Gasteiger partial charge is 0.225 e. The Morgan fingerprint density at radius 1 is 1.33 bits per heavy atom. The zero-order chi connectivity index (χ0) is 13.0. The first kappa shape index (κ1) is 13.1. The highest BCUT2D eigenvalue weighted by Gasteiger charge is 2.15. The van der Waals surface area contributed by atoms with Gasteiger partial charge in [0.15, 0.2) is 5.82 Å². The first-order valence-corrected chi connectivity index (χ1v) is 6.98. The second kappa shape index (κ2) is 6.03. The van der Waals surface area contributed by atoms with Crippen LogP contribution in [0.15, 0.2) is 0 Å². The van der Waals surface area contributed by atoms with Crippen molar-refractivity contribution in [3.8, 4) is 0 Å². The van der Waals surface area contributed by atoms with Gasteiger partial charge in [-0.3, -0.25) is 9.89 Å². The van der Waals surface area contributed by atoms with Crippen molar-refractivity contribution in [3.63, 3.8) is 0 Å². The number of nitrogens with one attached hydrogen (secondary N) is 2. The lowest BCUT2D eigenvalue weighted by Crippen LogP contribution is -2.15. The number of hydrogen-bond donors (Lipinski definition) is 2. The van der Waals surface area contributed by atoms with Crippen molar-refractivity contribution in [2.75, 3.05) is 5.32 Å². The molecule has 100 valence electrons. The van der Waals surface area contributed by atoms with E-state index in [1.165, 1.54) is 32.1 Å². The Labute approximate surface area is 109 Å². The van der Waals surface area contributed by atoms with Gasteiger partial charge >= 0.3 is 0 Å². The third-order valence-electron chi connectivity index (χ3n) is 4.02. The fourth-order valence-electron chi connectivity index (χ4n) is 2.61. The number of carbonyl (C=O) groups excluding carboxylic acids is 1. The van der Waals surface area contributed by atoms with E-state index in [0.29, 0.717) is 12.2 Å². The molecule has 0 atom stereocenters. The Hall–Kier alpha value is -1.32. The predicted octanol–water partition coefficient (Wildman–Crippen LogP) is 3.33. The molecule has 1 aliphatic carbocycles. The number of H-pyrrole nitrogens is 1. The van der Waals surface area contributed by atoms with Crippen LogP contribution >= 0.6 is 0 Å². The van der Waals surface area contributed by atoms with Gasteiger partial charge in [-0.05, 0) is 26.2 Å². The largest absolute Gasteiger partial charge is 0.309 e. The number of hydrogen-bond acceptors (Lipinski definition) is 2. The molecular formula is C14H23N3O. The van der Waals surface area contributed by atoms with Crippen molar-refractivity contribution in [3.05, 3.63) is 11.3 Å². The fourth-order valence-corrected chi connectivity index (χ4v) is 2.61. The van der Waals surface area contributed by atoms with Crippen LogP contribution in [0, 0.1) is 19.8 Å². The summed E-state index contributed by atoms with van der Waals surface area (Å²) in [7, 11) is 0. The number of amides is 1. The molecule has 4 heteroatoms. The summed E-state index contributed by atoms with van der Waals surface area (Å²) in [5, 5.41) is 9.87. The predicted molar refractivity (Wildman–Crippen MR) is 72.5 cm³/mol. The van der Waals surface area contributed by atoms with E-state index in [-0.39, 0.29) is 5.91 Å². The topological polar surface area (TPSA) is 57.8 Å². The fraction of sp³-hybridized carbons (Fsp3) is 0.714. The zero-order valence-corrected chi connectivity index (χ0v) is 11.4. The zero-order valence-electron chi connectivity index (χ0n) is 11.4. The summed E-state index contributed by atoms with van der Waals surface area (Å²) in [6, 6.07) is 0. The van der Waals surface area contributed by atoms with Crippen LogP contribution in [0.5, 0.6) is 0 Å². The van der Waals surface area contributed by atoms with Gasteiger partial charge in [0, 0.05) is 17.7 Å². The maximum absolute atomic E-state index is 11.9. The molecule has 0 unspecified atom stereocenters. The number of aryl methyl sites for hydroxylation is 1. The SMILES string of the molecule is Cc1[nH]nc(NC(=O)CCC2CCCCC2)c1C. The summed E-state index contributed by atoms with van der Waals surface area (Å²) in [6.45, 7) is 3.93. The Morgan fingerprint density at radius 3 is 2.67 bits per heavy atom. The van der Waals surface area contributed by atoms with Gasteiger partial charge in [-0.25, -0.2) is 0 Å². The molecule has 0 saturated heterocycles. The summed E-state index contributed by atoms with van der Waals surface area (Å²) >= 11 is 0. The molecule has 1 heterocycles. The number of anilines is 1. The third kappa shape index (κ3) is 3.34. The maximum Gasteiger partial charge on any atom is 0.225 e. The molecule has 1 aromatic heterocycles. The second-order valence-electron chi connectivity index (χ2n) is 5.41. The standard InChI is InChI=1S/C14H23N3O/c1-10-11(2)16-17-14(10)15-13(18)9-8-12-6-4-3-5-7-12/h12H,3-9H2,1-2H3,(H2,15,16,17,18). The molecule has 18 heavy (non-hydrogen) atoms. The summed E-state index contributed by atoms with van der Waals surface area (Å²) in [4.78, 5) is 11.9. The van der Waals surface area contributed by atoms with Crippen LogP contribution in [-0.4, -0.2) is 16.1 Å². The van der Waals surface area contributed by atoms with Crippen molar-refractivity contribution >= 4 is 11.7 Å². The van der Waals surface area contributed by atoms with Crippen molar-refractivity contribution in [1.82, 2.24) is 10.2 Å². The number of nitrogens with zero attached hydrogens (tertiary/aromatic N) is 1. The van der Waals surface area contributed by atoms with Gasteiger partial charge in [-0.15, -0.1) is 0 Å². The van der Waals surface area contributed by atoms with E-state index >= 15 is 0 Å². The summed E-state index contributed by atoms with van der Waals surface area (Å²) < 4.78 is 0. The molecule has 0 spiro atoms. The van der Waals surface area contributed by atoms with Gasteiger partial charge in [0.05, 0.1) is 0 Å². The van der Waals surface area contributed by atoms with E-state index in [0.717, 1.165) is 23.6 Å². The van der Waals surface area contributed by atoms with E-state index in [4.69, 9.17) is 0 Å². The molecule has 4 nitrogen and oxygen atoms in total. The lowest BCUT2D eigenvalue weighted by Gasteiger charge is -2.20. The van der Waals surface area contributed by atoms with Crippen molar-refractivity contribution < 1.29 is 4.79 Å². The van der Waals surface area contributed by atoms with Gasteiger partial charge in [-0.2, -0.15) is 5.10 Å². The first-order chi connectivity index (χ1) is 8.66. The van der Waals surface area contributed by atoms with Crippen molar-refractivity contribution in [2.45, 2.75) is 58.8 Å². The van der Waals surface area contributed by atoms with E-state index in [1.54, 1.807) is 0 Å². The molecule has 1 amide bonds. The van der Waals surface area contributed by atoms with Crippen LogP contribution in [-0.2, 0) is 4.79 Å². The van der Waals surface area contributed by atoms with Crippen LogP contribution in [0.1, 0.15) is 56.2 Å². The highest BCUT2D eigenvalue weighted by atomic mass is 16.1. The molecule has 1 fully saturated rings. The average molecular weight is 249 g/mol. The molecule has 1 aromatic rings. The third-order valence-corrected chi connectivity index (χ3v) is 4.02. The Balaban J connectivity index is 1.76. The lowest BCUT2D eigenvalue weighted by molar-refractivity contribution is -0.116. The number of rotatable bonds is 4. The minimum Gasteiger partial charge on any atom is -0.309 e. The van der Waals surface area contributed by atoms with E-state index in [9.17, 15) is 4.79 Å².